The van der Waals surface area contributed by atoms with Crippen LogP contribution in [-0.4, -0.2) is 0 Å². The maximum atomic E-state index is 5.23. The van der Waals surface area contributed by atoms with Crippen LogP contribution in [0.4, 0.5) is 0 Å². The third-order valence-electron chi connectivity index (χ3n) is 1.14. The van der Waals surface area contributed by atoms with Gasteiger partial charge in [-0.25, -0.2) is 0 Å². The van der Waals surface area contributed by atoms with E-state index in [1.807, 2.05) is 37.3 Å². The third-order valence-corrected chi connectivity index (χ3v) is 1.63. The molecule has 0 N–H and O–H groups in total. The molecule has 0 unspecified atom stereocenters. The summed E-state index contributed by atoms with van der Waals surface area (Å²) in [5, 5.41) is 0. The number of allylic oxidation sites excluding steroid dienone is 1. The van der Waals surface area contributed by atoms with Gasteiger partial charge in [-0.05, 0) is 25.1 Å². The zero-order chi connectivity index (χ0) is 8.10. The van der Waals surface area contributed by atoms with Crippen LogP contribution in [0.2, 0.25) is 0 Å². The Morgan fingerprint density at radius 3 is 2.91 bits per heavy atom. The van der Waals surface area contributed by atoms with E-state index in [0.717, 1.165) is 10.2 Å². The minimum absolute atomic E-state index is 0.845. The Hall–Kier alpha value is -0.760. The molecule has 0 amide bonds. The summed E-state index contributed by atoms with van der Waals surface area (Å²) in [6.07, 6.45) is 3.50. The maximum Gasteiger partial charge on any atom is 0.127 e. The molecule has 0 bridgehead atoms. The van der Waals surface area contributed by atoms with Gasteiger partial charge in [-0.3, -0.25) is 0 Å². The number of ether oxygens (including phenoxy) is 1. The van der Waals surface area contributed by atoms with E-state index in [0.29, 0.717) is 0 Å². The van der Waals surface area contributed by atoms with Gasteiger partial charge in [-0.15, -0.1) is 0 Å². The zero-order valence-corrected chi connectivity index (χ0v) is 7.84. The molecule has 0 aliphatic rings. The van der Waals surface area contributed by atoms with Gasteiger partial charge in [0.25, 0.3) is 0 Å². The van der Waals surface area contributed by atoms with Crippen molar-refractivity contribution < 1.29 is 4.74 Å². The van der Waals surface area contributed by atoms with Crippen LogP contribution in [0.15, 0.2) is 41.1 Å². The molecule has 58 valence electrons. The van der Waals surface area contributed by atoms with Crippen LogP contribution in [0.3, 0.4) is 0 Å². The molecule has 0 fully saturated rings. The largest absolute Gasteiger partial charge is 0.465 e. The van der Waals surface area contributed by atoms with Crippen LogP contribution in [0.25, 0.3) is 0 Å². The van der Waals surface area contributed by atoms with Crippen molar-refractivity contribution in [2.45, 2.75) is 6.92 Å². The monoisotopic (exact) mass is 212 g/mol. The molecule has 0 atom stereocenters. The quantitative estimate of drug-likeness (QED) is 0.684. The summed E-state index contributed by atoms with van der Waals surface area (Å²) in [5.74, 6) is 0.845. The van der Waals surface area contributed by atoms with E-state index in [1.165, 1.54) is 0 Å². The molecule has 0 aliphatic heterocycles. The van der Waals surface area contributed by atoms with Crippen molar-refractivity contribution in [2.75, 3.05) is 0 Å². The lowest BCUT2D eigenvalue weighted by Crippen LogP contribution is -1.79. The van der Waals surface area contributed by atoms with Gasteiger partial charge in [0.1, 0.15) is 5.75 Å². The minimum atomic E-state index is 0.845. The number of halogens is 1. The van der Waals surface area contributed by atoms with Crippen molar-refractivity contribution >= 4 is 15.9 Å². The normalized spacial score (nSPS) is 10.4. The van der Waals surface area contributed by atoms with Crippen molar-refractivity contribution in [2.24, 2.45) is 0 Å². The first kappa shape index (κ1) is 8.34. The van der Waals surface area contributed by atoms with E-state index >= 15 is 0 Å². The van der Waals surface area contributed by atoms with E-state index in [1.54, 1.807) is 6.26 Å². The maximum absolute atomic E-state index is 5.23. The molecule has 1 nitrogen and oxygen atoms in total. The van der Waals surface area contributed by atoms with Gasteiger partial charge in [0.2, 0.25) is 0 Å². The standard InChI is InChI=1S/C9H9BrO/c1-2-6-11-9-5-3-4-8(10)7-9/h2-7H,1H3/b6-2-. The Balaban J connectivity index is 2.71. The Labute approximate surface area is 74.8 Å². The summed E-state index contributed by atoms with van der Waals surface area (Å²) in [5.41, 5.74) is 0. The number of hydrogen-bond acceptors (Lipinski definition) is 1. The summed E-state index contributed by atoms with van der Waals surface area (Å²) in [4.78, 5) is 0. The predicted molar refractivity (Wildman–Crippen MR) is 49.6 cm³/mol. The predicted octanol–water partition coefficient (Wildman–Crippen LogP) is 3.36. The second-order valence-corrected chi connectivity index (χ2v) is 2.96. The average molecular weight is 213 g/mol. The second-order valence-electron chi connectivity index (χ2n) is 2.04. The Morgan fingerprint density at radius 2 is 2.27 bits per heavy atom. The fourth-order valence-corrected chi connectivity index (χ4v) is 1.07. The summed E-state index contributed by atoms with van der Waals surface area (Å²) in [7, 11) is 0. The molecule has 0 heterocycles. The van der Waals surface area contributed by atoms with Crippen molar-refractivity contribution in [1.82, 2.24) is 0 Å². The van der Waals surface area contributed by atoms with Crippen LogP contribution >= 0.6 is 15.9 Å². The van der Waals surface area contributed by atoms with Gasteiger partial charge in [-0.1, -0.05) is 28.1 Å². The first-order valence-electron chi connectivity index (χ1n) is 3.36. The van der Waals surface area contributed by atoms with Crippen LogP contribution in [0.5, 0.6) is 5.75 Å². The molecule has 0 aliphatic carbocycles. The molecule has 0 aromatic heterocycles. The summed E-state index contributed by atoms with van der Waals surface area (Å²) in [6, 6.07) is 7.72. The van der Waals surface area contributed by atoms with Crippen LogP contribution in [-0.2, 0) is 0 Å². The summed E-state index contributed by atoms with van der Waals surface area (Å²) in [6.45, 7) is 1.91. The van der Waals surface area contributed by atoms with Crippen LogP contribution in [0.1, 0.15) is 6.92 Å². The highest BCUT2D eigenvalue weighted by Crippen LogP contribution is 2.17. The molecule has 0 spiro atoms. The van der Waals surface area contributed by atoms with Gasteiger partial charge in [0, 0.05) is 4.47 Å². The molecule has 2 heteroatoms. The van der Waals surface area contributed by atoms with Crippen molar-refractivity contribution in [3.63, 3.8) is 0 Å². The van der Waals surface area contributed by atoms with Gasteiger partial charge in [0.15, 0.2) is 0 Å². The highest BCUT2D eigenvalue weighted by Gasteiger charge is 1.89. The number of hydrogen-bond donors (Lipinski definition) is 0. The SMILES string of the molecule is C/C=C\Oc1cccc(Br)c1. The first-order valence-corrected chi connectivity index (χ1v) is 4.15. The number of rotatable bonds is 2. The van der Waals surface area contributed by atoms with E-state index in [9.17, 15) is 0 Å². The molecule has 1 aromatic rings. The lowest BCUT2D eigenvalue weighted by Gasteiger charge is -1.98. The van der Waals surface area contributed by atoms with Gasteiger partial charge in [0.05, 0.1) is 6.26 Å². The Bertz CT molecular complexity index is 255. The summed E-state index contributed by atoms with van der Waals surface area (Å²) >= 11 is 3.35. The van der Waals surface area contributed by atoms with Gasteiger partial charge < -0.3 is 4.74 Å². The van der Waals surface area contributed by atoms with Crippen molar-refractivity contribution in [3.8, 4) is 5.75 Å². The lowest BCUT2D eigenvalue weighted by atomic mass is 10.3. The second kappa shape index (κ2) is 4.19. The molecule has 1 aromatic carbocycles. The number of benzene rings is 1. The highest BCUT2D eigenvalue weighted by molar-refractivity contribution is 9.10. The average Bonchev–Trinajstić information content (AvgIpc) is 2.01. The fourth-order valence-electron chi connectivity index (χ4n) is 0.687. The van der Waals surface area contributed by atoms with Crippen molar-refractivity contribution in [1.29, 1.82) is 0 Å². The highest BCUT2D eigenvalue weighted by atomic mass is 79.9. The van der Waals surface area contributed by atoms with E-state index < -0.39 is 0 Å². The molecule has 11 heavy (non-hydrogen) atoms. The Morgan fingerprint density at radius 1 is 1.45 bits per heavy atom. The fraction of sp³-hybridized carbons (Fsp3) is 0.111. The van der Waals surface area contributed by atoms with E-state index in [2.05, 4.69) is 15.9 Å². The molecular weight excluding hydrogens is 204 g/mol. The van der Waals surface area contributed by atoms with Crippen molar-refractivity contribution in [3.05, 3.63) is 41.1 Å². The molecule has 0 radical (unpaired) electrons. The zero-order valence-electron chi connectivity index (χ0n) is 6.25. The smallest absolute Gasteiger partial charge is 0.127 e. The molecule has 1 rings (SSSR count). The third kappa shape index (κ3) is 2.76. The van der Waals surface area contributed by atoms with Crippen LogP contribution in [0, 0.1) is 0 Å². The summed E-state index contributed by atoms with van der Waals surface area (Å²) < 4.78 is 6.25. The van der Waals surface area contributed by atoms with Crippen LogP contribution < -0.4 is 4.74 Å². The van der Waals surface area contributed by atoms with Gasteiger partial charge >= 0.3 is 0 Å². The van der Waals surface area contributed by atoms with E-state index in [4.69, 9.17) is 4.74 Å². The van der Waals surface area contributed by atoms with E-state index in [-0.39, 0.29) is 0 Å². The Kier molecular flexibility index (Phi) is 3.17. The minimum Gasteiger partial charge on any atom is -0.465 e. The van der Waals surface area contributed by atoms with Gasteiger partial charge in [-0.2, -0.15) is 0 Å². The topological polar surface area (TPSA) is 9.23 Å². The first-order chi connectivity index (χ1) is 5.33. The molecule has 0 saturated heterocycles. The molecule has 0 saturated carbocycles. The molecular formula is C9H9BrO. The lowest BCUT2D eigenvalue weighted by molar-refractivity contribution is 0.480.